The van der Waals surface area contributed by atoms with Crippen LogP contribution in [0.4, 0.5) is 0 Å². The van der Waals surface area contributed by atoms with Gasteiger partial charge in [-0.1, -0.05) is 6.42 Å². The van der Waals surface area contributed by atoms with Crippen molar-refractivity contribution in [1.82, 2.24) is 15.1 Å². The molecule has 2 saturated carbocycles. The summed E-state index contributed by atoms with van der Waals surface area (Å²) in [5.74, 6) is 3.41. The van der Waals surface area contributed by atoms with E-state index in [1.54, 1.807) is 25.3 Å². The van der Waals surface area contributed by atoms with E-state index in [-0.39, 0.29) is 30.5 Å². The zero-order valence-electron chi connectivity index (χ0n) is 17.1. The molecule has 1 aromatic heterocycles. The van der Waals surface area contributed by atoms with Crippen LogP contribution in [0, 0.1) is 11.8 Å². The van der Waals surface area contributed by atoms with Gasteiger partial charge < -0.3 is 19.7 Å². The number of piperazine rings is 1. The van der Waals surface area contributed by atoms with Gasteiger partial charge in [-0.25, -0.2) is 4.99 Å². The Bertz CT molecular complexity index is 641. The molecule has 0 aromatic carbocycles. The summed E-state index contributed by atoms with van der Waals surface area (Å²) in [4.78, 5) is 9.79. The van der Waals surface area contributed by atoms with Gasteiger partial charge in [0.05, 0.1) is 12.8 Å². The summed E-state index contributed by atoms with van der Waals surface area (Å²) in [6.45, 7) is 9.20. The van der Waals surface area contributed by atoms with Crippen molar-refractivity contribution in [2.45, 2.75) is 51.2 Å². The van der Waals surface area contributed by atoms with Crippen molar-refractivity contribution in [3.63, 3.8) is 0 Å². The van der Waals surface area contributed by atoms with Gasteiger partial charge in [0.25, 0.3) is 0 Å². The first-order valence-corrected chi connectivity index (χ1v) is 10.6. The van der Waals surface area contributed by atoms with Crippen LogP contribution < -0.4 is 5.32 Å². The number of aliphatic imine (C=N–C) groups is 1. The van der Waals surface area contributed by atoms with Gasteiger partial charge in [-0.3, -0.25) is 4.90 Å². The second kappa shape index (κ2) is 9.34. The number of rotatable bonds is 5. The summed E-state index contributed by atoms with van der Waals surface area (Å²) in [5.41, 5.74) is -1.09. The zero-order chi connectivity index (χ0) is 18.9. The Kier molecular flexibility index (Phi) is 7.31. The highest BCUT2D eigenvalue weighted by Crippen LogP contribution is 2.46. The molecule has 7 heteroatoms. The quantitative estimate of drug-likeness (QED) is 0.369. The highest BCUT2D eigenvalue weighted by Gasteiger charge is 2.42. The Balaban J connectivity index is 0.00000225. The largest absolute Gasteiger partial charge is 0.466 e. The molecule has 0 amide bonds. The lowest BCUT2D eigenvalue weighted by molar-refractivity contribution is 0.0431. The van der Waals surface area contributed by atoms with Gasteiger partial charge in [0, 0.05) is 38.8 Å². The fourth-order valence-electron chi connectivity index (χ4n) is 5.24. The average molecular weight is 502 g/mol. The highest BCUT2D eigenvalue weighted by atomic mass is 127. The molecule has 1 aliphatic heterocycles. The molecule has 4 atom stereocenters. The van der Waals surface area contributed by atoms with E-state index in [0.717, 1.165) is 56.6 Å². The third-order valence-electron chi connectivity index (χ3n) is 6.71. The van der Waals surface area contributed by atoms with E-state index in [4.69, 9.17) is 9.41 Å². The van der Waals surface area contributed by atoms with E-state index in [9.17, 15) is 5.11 Å². The van der Waals surface area contributed by atoms with Crippen LogP contribution in [0.15, 0.2) is 27.8 Å². The Morgan fingerprint density at radius 2 is 2.07 bits per heavy atom. The summed E-state index contributed by atoms with van der Waals surface area (Å²) in [7, 11) is 0. The maximum atomic E-state index is 10.7. The zero-order valence-corrected chi connectivity index (χ0v) is 19.5. The second-order valence-electron chi connectivity index (χ2n) is 8.69. The summed E-state index contributed by atoms with van der Waals surface area (Å²) in [6.07, 6.45) is 7.39. The molecule has 0 radical (unpaired) electrons. The number of furan rings is 1. The van der Waals surface area contributed by atoms with Crippen molar-refractivity contribution in [3.8, 4) is 0 Å². The van der Waals surface area contributed by atoms with Crippen LogP contribution in [0.5, 0.6) is 0 Å². The third-order valence-corrected chi connectivity index (χ3v) is 6.71. The summed E-state index contributed by atoms with van der Waals surface area (Å²) < 4.78 is 5.37. The van der Waals surface area contributed by atoms with Crippen molar-refractivity contribution in [3.05, 3.63) is 24.2 Å². The van der Waals surface area contributed by atoms with Crippen molar-refractivity contribution in [2.24, 2.45) is 16.8 Å². The molecule has 2 N–H and O–H groups in total. The molecule has 2 aliphatic carbocycles. The summed E-state index contributed by atoms with van der Waals surface area (Å²) in [6, 6.07) is 4.43. The number of nitrogens with zero attached hydrogens (tertiary/aromatic N) is 3. The predicted molar refractivity (Wildman–Crippen MR) is 122 cm³/mol. The van der Waals surface area contributed by atoms with Crippen LogP contribution in [0.3, 0.4) is 0 Å². The Labute approximate surface area is 185 Å². The van der Waals surface area contributed by atoms with E-state index in [2.05, 4.69) is 22.0 Å². The smallest absolute Gasteiger partial charge is 0.194 e. The molecule has 4 unspecified atom stereocenters. The molecule has 1 saturated heterocycles. The Morgan fingerprint density at radius 1 is 1.29 bits per heavy atom. The number of nitrogens with one attached hydrogen (secondary N) is 1. The molecular formula is C21H35IN4O2. The van der Waals surface area contributed by atoms with Crippen LogP contribution in [0.25, 0.3) is 0 Å². The number of aliphatic hydroxyl groups is 1. The second-order valence-corrected chi connectivity index (χ2v) is 8.69. The van der Waals surface area contributed by atoms with Crippen molar-refractivity contribution >= 4 is 29.9 Å². The van der Waals surface area contributed by atoms with Crippen molar-refractivity contribution in [1.29, 1.82) is 0 Å². The van der Waals surface area contributed by atoms with E-state index in [1.807, 2.05) is 0 Å². The van der Waals surface area contributed by atoms with Gasteiger partial charge in [-0.05, 0) is 57.1 Å². The molecule has 3 fully saturated rings. The molecular weight excluding hydrogens is 467 g/mol. The third kappa shape index (κ3) is 4.67. The highest BCUT2D eigenvalue weighted by molar-refractivity contribution is 14.0. The van der Waals surface area contributed by atoms with Crippen LogP contribution in [0.1, 0.15) is 45.3 Å². The lowest BCUT2D eigenvalue weighted by Crippen LogP contribution is -2.55. The van der Waals surface area contributed by atoms with Gasteiger partial charge in [-0.2, -0.15) is 0 Å². The van der Waals surface area contributed by atoms with Crippen LogP contribution in [-0.4, -0.2) is 66.2 Å². The molecule has 4 rings (SSSR count). The van der Waals surface area contributed by atoms with Crippen LogP contribution in [0.2, 0.25) is 0 Å². The average Bonchev–Trinajstić information content (AvgIpc) is 3.43. The number of fused-ring (bicyclic) bond motifs is 2. The monoisotopic (exact) mass is 502 g/mol. The molecule has 6 nitrogen and oxygen atoms in total. The van der Waals surface area contributed by atoms with Gasteiger partial charge >= 0.3 is 0 Å². The molecule has 0 spiro atoms. The molecule has 1 aromatic rings. The first-order chi connectivity index (χ1) is 13.1. The minimum atomic E-state index is -1.09. The van der Waals surface area contributed by atoms with E-state index >= 15 is 0 Å². The fraction of sp³-hybridized carbons (Fsp3) is 0.762. The van der Waals surface area contributed by atoms with Crippen molar-refractivity contribution < 1.29 is 9.52 Å². The van der Waals surface area contributed by atoms with Gasteiger partial charge in [0.1, 0.15) is 11.4 Å². The summed E-state index contributed by atoms with van der Waals surface area (Å²) in [5, 5.41) is 14.1. The Morgan fingerprint density at radius 3 is 2.64 bits per heavy atom. The van der Waals surface area contributed by atoms with Gasteiger partial charge in [-0.15, -0.1) is 24.0 Å². The first-order valence-electron chi connectivity index (χ1n) is 10.6. The molecule has 158 valence electrons. The molecule has 28 heavy (non-hydrogen) atoms. The Hall–Kier alpha value is -0.800. The lowest BCUT2D eigenvalue weighted by atomic mass is 9.93. The topological polar surface area (TPSA) is 64.2 Å². The van der Waals surface area contributed by atoms with Gasteiger partial charge in [0.2, 0.25) is 0 Å². The maximum absolute atomic E-state index is 10.7. The van der Waals surface area contributed by atoms with Crippen LogP contribution in [-0.2, 0) is 5.60 Å². The van der Waals surface area contributed by atoms with E-state index in [1.165, 1.54) is 25.7 Å². The number of guanidine groups is 1. The minimum Gasteiger partial charge on any atom is -0.466 e. The van der Waals surface area contributed by atoms with Gasteiger partial charge in [0.15, 0.2) is 5.96 Å². The molecule has 2 bridgehead atoms. The minimum absolute atomic E-state index is 0. The normalized spacial score (nSPS) is 30.2. The fourth-order valence-corrected chi connectivity index (χ4v) is 5.24. The molecule has 2 heterocycles. The SMILES string of the molecule is CCNC(=NCC(C)(O)c1ccco1)N1CCN(C2CC3CCC2C3)CC1.I. The van der Waals surface area contributed by atoms with E-state index < -0.39 is 5.60 Å². The number of hydrogen-bond acceptors (Lipinski definition) is 4. The molecule has 3 aliphatic rings. The standard InChI is InChI=1S/C21H34N4O2.HI/c1-3-22-20(23-15-21(2,26)19-5-4-12-27-19)25-10-8-24(9-11-25)18-14-16-6-7-17(18)13-16;/h4-5,12,16-18,26H,3,6-11,13-15H2,1-2H3,(H,22,23);1H. The first kappa shape index (κ1) is 21.9. The van der Waals surface area contributed by atoms with Crippen molar-refractivity contribution in [2.75, 3.05) is 39.3 Å². The number of halogens is 1. The van der Waals surface area contributed by atoms with Crippen LogP contribution >= 0.6 is 24.0 Å². The predicted octanol–water partition coefficient (Wildman–Crippen LogP) is 2.88. The number of hydrogen-bond donors (Lipinski definition) is 2. The van der Waals surface area contributed by atoms with E-state index in [0.29, 0.717) is 5.76 Å². The lowest BCUT2D eigenvalue weighted by Gasteiger charge is -2.42. The summed E-state index contributed by atoms with van der Waals surface area (Å²) >= 11 is 0. The maximum Gasteiger partial charge on any atom is 0.194 e.